The van der Waals surface area contributed by atoms with E-state index in [-0.39, 0.29) is 11.9 Å². The number of amidine groups is 1. The number of hydrogen-bond donors (Lipinski definition) is 1. The van der Waals surface area contributed by atoms with Gasteiger partial charge in [0.05, 0.1) is 17.7 Å². The van der Waals surface area contributed by atoms with E-state index < -0.39 is 12.6 Å². The lowest BCUT2D eigenvalue weighted by atomic mass is 10.1. The zero-order chi connectivity index (χ0) is 22.5. The number of carbonyl (C=O) groups is 2. The number of aliphatic carboxylic acids is 1. The van der Waals surface area contributed by atoms with Crippen LogP contribution in [0.3, 0.4) is 0 Å². The normalized spacial score (nSPS) is 16.4. The number of hydrogen-bond acceptors (Lipinski definition) is 6. The van der Waals surface area contributed by atoms with Crippen LogP contribution >= 0.6 is 11.8 Å². The van der Waals surface area contributed by atoms with Gasteiger partial charge < -0.3 is 14.6 Å². The molecule has 2 aromatic rings. The summed E-state index contributed by atoms with van der Waals surface area (Å²) in [6.07, 6.45) is 1.77. The fourth-order valence-corrected chi connectivity index (χ4v) is 4.05. The van der Waals surface area contributed by atoms with Gasteiger partial charge in [0.15, 0.2) is 23.3 Å². The summed E-state index contributed by atoms with van der Waals surface area (Å²) in [7, 11) is 1.47. The molecule has 3 rings (SSSR count). The van der Waals surface area contributed by atoms with Crippen molar-refractivity contribution in [2.75, 3.05) is 13.7 Å². The lowest BCUT2D eigenvalue weighted by Gasteiger charge is -2.19. The van der Waals surface area contributed by atoms with Crippen molar-refractivity contribution >= 4 is 40.6 Å². The minimum atomic E-state index is -1.07. The highest BCUT2D eigenvalue weighted by Crippen LogP contribution is 2.36. The molecule has 1 saturated heterocycles. The molecule has 0 saturated carbocycles. The Labute approximate surface area is 185 Å². The van der Waals surface area contributed by atoms with Crippen molar-refractivity contribution in [3.05, 3.63) is 58.5 Å². The second-order valence-corrected chi connectivity index (χ2v) is 8.21. The zero-order valence-electron chi connectivity index (χ0n) is 17.8. The summed E-state index contributed by atoms with van der Waals surface area (Å²) in [4.78, 5) is 30.7. The van der Waals surface area contributed by atoms with E-state index in [1.807, 2.05) is 45.0 Å². The van der Waals surface area contributed by atoms with Crippen LogP contribution in [-0.4, -0.2) is 46.8 Å². The Balaban J connectivity index is 1.90. The second-order valence-electron chi connectivity index (χ2n) is 7.20. The van der Waals surface area contributed by atoms with E-state index in [2.05, 4.69) is 4.99 Å². The molecule has 2 aromatic carbocycles. The van der Waals surface area contributed by atoms with Gasteiger partial charge in [-0.2, -0.15) is 0 Å². The third-order valence-electron chi connectivity index (χ3n) is 4.45. The zero-order valence-corrected chi connectivity index (χ0v) is 18.6. The van der Waals surface area contributed by atoms with E-state index in [0.717, 1.165) is 16.8 Å². The summed E-state index contributed by atoms with van der Waals surface area (Å²) in [6, 6.07) is 12.8. The van der Waals surface area contributed by atoms with Gasteiger partial charge in [-0.3, -0.25) is 9.69 Å². The molecule has 0 radical (unpaired) electrons. The number of carboxylic acids is 1. The maximum atomic E-state index is 13.0. The van der Waals surface area contributed by atoms with Gasteiger partial charge >= 0.3 is 5.97 Å². The molecule has 0 aliphatic carbocycles. The van der Waals surface area contributed by atoms with Gasteiger partial charge in [-0.05, 0) is 68.4 Å². The molecule has 1 aliphatic heterocycles. The van der Waals surface area contributed by atoms with Crippen molar-refractivity contribution in [3.63, 3.8) is 0 Å². The number of aryl methyl sites for hydroxylation is 1. The number of methoxy groups -OCH3 is 1. The van der Waals surface area contributed by atoms with Gasteiger partial charge in [0.2, 0.25) is 0 Å². The van der Waals surface area contributed by atoms with E-state index in [9.17, 15) is 9.59 Å². The minimum absolute atomic E-state index is 0.0450. The fourth-order valence-electron chi connectivity index (χ4n) is 2.93. The number of carboxylic acid groups (broad SMARTS) is 1. The number of rotatable bonds is 7. The number of benzene rings is 2. The molecular weight excluding hydrogens is 416 g/mol. The Morgan fingerprint density at radius 2 is 1.90 bits per heavy atom. The number of nitrogens with zero attached hydrogens (tertiary/aromatic N) is 2. The molecule has 0 unspecified atom stereocenters. The first kappa shape index (κ1) is 22.4. The van der Waals surface area contributed by atoms with Crippen LogP contribution in [0.5, 0.6) is 11.5 Å². The van der Waals surface area contributed by atoms with Crippen molar-refractivity contribution < 1.29 is 24.2 Å². The Kier molecular flexibility index (Phi) is 7.02. The van der Waals surface area contributed by atoms with Crippen molar-refractivity contribution in [3.8, 4) is 11.5 Å². The number of carbonyl (C=O) groups excluding carboxylic acids is 1. The predicted molar refractivity (Wildman–Crippen MR) is 122 cm³/mol. The third-order valence-corrected chi connectivity index (χ3v) is 5.43. The van der Waals surface area contributed by atoms with E-state index in [0.29, 0.717) is 21.6 Å². The van der Waals surface area contributed by atoms with Crippen LogP contribution in [-0.2, 0) is 9.59 Å². The molecule has 1 fully saturated rings. The molecule has 1 aliphatic rings. The quantitative estimate of drug-likeness (QED) is 0.639. The van der Waals surface area contributed by atoms with Gasteiger partial charge in [-0.25, -0.2) is 9.79 Å². The summed E-state index contributed by atoms with van der Waals surface area (Å²) in [5, 5.41) is 9.42. The molecule has 7 nitrogen and oxygen atoms in total. The Bertz CT molecular complexity index is 1040. The molecule has 0 atom stereocenters. The van der Waals surface area contributed by atoms with Gasteiger partial charge in [0.25, 0.3) is 5.91 Å². The first-order valence-corrected chi connectivity index (χ1v) is 10.5. The summed E-state index contributed by atoms with van der Waals surface area (Å²) < 4.78 is 10.5. The predicted octanol–water partition coefficient (Wildman–Crippen LogP) is 4.48. The van der Waals surface area contributed by atoms with Crippen molar-refractivity contribution in [2.24, 2.45) is 4.99 Å². The van der Waals surface area contributed by atoms with Crippen molar-refractivity contribution in [1.82, 2.24) is 4.90 Å². The number of amides is 1. The van der Waals surface area contributed by atoms with Crippen LogP contribution < -0.4 is 9.47 Å². The summed E-state index contributed by atoms with van der Waals surface area (Å²) in [5.41, 5.74) is 2.66. The third kappa shape index (κ3) is 5.46. The Morgan fingerprint density at radius 3 is 2.52 bits per heavy atom. The van der Waals surface area contributed by atoms with Crippen LogP contribution in [0.1, 0.15) is 25.0 Å². The SMILES string of the molecule is COc1cc(/C=C2/SC(=Nc3ccc(C)cc3)N(C(C)C)C2=O)ccc1OCC(=O)O. The first-order valence-electron chi connectivity index (χ1n) is 9.69. The highest BCUT2D eigenvalue weighted by molar-refractivity contribution is 8.18. The number of aliphatic imine (C=N–C) groups is 1. The average molecular weight is 441 g/mol. The highest BCUT2D eigenvalue weighted by Gasteiger charge is 2.35. The minimum Gasteiger partial charge on any atom is -0.493 e. The van der Waals surface area contributed by atoms with Crippen LogP contribution in [0.15, 0.2) is 52.4 Å². The summed E-state index contributed by atoms with van der Waals surface area (Å²) in [6.45, 7) is 5.44. The van der Waals surface area contributed by atoms with E-state index in [1.54, 1.807) is 29.2 Å². The van der Waals surface area contributed by atoms with Gasteiger partial charge in [0, 0.05) is 6.04 Å². The molecule has 0 bridgehead atoms. The molecule has 1 amide bonds. The van der Waals surface area contributed by atoms with Gasteiger partial charge in [-0.1, -0.05) is 23.8 Å². The fraction of sp³-hybridized carbons (Fsp3) is 0.261. The highest BCUT2D eigenvalue weighted by atomic mass is 32.2. The van der Waals surface area contributed by atoms with E-state index >= 15 is 0 Å². The van der Waals surface area contributed by atoms with E-state index in [1.165, 1.54) is 18.9 Å². The second kappa shape index (κ2) is 9.70. The van der Waals surface area contributed by atoms with Crippen LogP contribution in [0, 0.1) is 6.92 Å². The molecular formula is C23H24N2O5S. The van der Waals surface area contributed by atoms with E-state index in [4.69, 9.17) is 14.6 Å². The average Bonchev–Trinajstić information content (AvgIpc) is 3.03. The lowest BCUT2D eigenvalue weighted by molar-refractivity contribution is -0.139. The maximum Gasteiger partial charge on any atom is 0.341 e. The molecule has 31 heavy (non-hydrogen) atoms. The van der Waals surface area contributed by atoms with Crippen molar-refractivity contribution in [1.29, 1.82) is 0 Å². The monoisotopic (exact) mass is 440 g/mol. The van der Waals surface area contributed by atoms with Crippen LogP contribution in [0.4, 0.5) is 5.69 Å². The smallest absolute Gasteiger partial charge is 0.341 e. The van der Waals surface area contributed by atoms with Crippen LogP contribution in [0.2, 0.25) is 0 Å². The van der Waals surface area contributed by atoms with Crippen LogP contribution in [0.25, 0.3) is 6.08 Å². The topological polar surface area (TPSA) is 88.4 Å². The summed E-state index contributed by atoms with van der Waals surface area (Å²) >= 11 is 1.32. The molecule has 8 heteroatoms. The molecule has 162 valence electrons. The first-order chi connectivity index (χ1) is 14.8. The Hall–Kier alpha value is -3.26. The standard InChI is InChI=1S/C23H24N2O5S/c1-14(2)25-22(28)20(31-23(25)24-17-8-5-15(3)6-9-17)12-16-7-10-18(19(11-16)29-4)30-13-21(26)27/h5-12,14H,13H2,1-4H3,(H,26,27)/b20-12+,24-23?. The number of ether oxygens (including phenoxy) is 2. The number of thioether (sulfide) groups is 1. The molecule has 0 spiro atoms. The maximum absolute atomic E-state index is 13.0. The van der Waals surface area contributed by atoms with Crippen molar-refractivity contribution in [2.45, 2.75) is 26.8 Å². The molecule has 0 aromatic heterocycles. The van der Waals surface area contributed by atoms with Gasteiger partial charge in [-0.15, -0.1) is 0 Å². The van der Waals surface area contributed by atoms with Gasteiger partial charge in [0.1, 0.15) is 0 Å². The largest absolute Gasteiger partial charge is 0.493 e. The molecule has 1 N–H and O–H groups in total. The summed E-state index contributed by atoms with van der Waals surface area (Å²) in [5.74, 6) is -0.477. The molecule has 1 heterocycles. The lowest BCUT2D eigenvalue weighted by Crippen LogP contribution is -2.35. The Morgan fingerprint density at radius 1 is 1.19 bits per heavy atom.